The Morgan fingerprint density at radius 1 is 0.719 bits per heavy atom. The highest BCUT2D eigenvalue weighted by Crippen LogP contribution is 2.52. The molecule has 2 saturated carbocycles. The van der Waals surface area contributed by atoms with Crippen molar-refractivity contribution in [3.05, 3.63) is 67.6 Å². The maximum absolute atomic E-state index is 6.18. The maximum Gasteiger partial charge on any atom is 0.0572 e. The van der Waals surface area contributed by atoms with Crippen LogP contribution in [-0.2, 0) is 9.68 Å². The van der Waals surface area contributed by atoms with Gasteiger partial charge in [-0.3, -0.25) is 0 Å². The van der Waals surface area contributed by atoms with Crippen LogP contribution in [0.3, 0.4) is 0 Å². The maximum atomic E-state index is 6.18. The van der Waals surface area contributed by atoms with E-state index >= 15 is 0 Å². The topological polar surface area (TPSA) is 42.5 Å². The molecule has 0 aromatic heterocycles. The van der Waals surface area contributed by atoms with Gasteiger partial charge < -0.3 is 9.68 Å². The molecular weight excluding hydrogens is 490 g/mol. The Labute approximate surface area is 210 Å². The minimum absolute atomic E-state index is 0.349. The molecule has 6 atom stereocenters. The molecule has 32 heavy (non-hydrogen) atoms. The molecule has 4 rings (SSSR count). The van der Waals surface area contributed by atoms with E-state index < -0.39 is 0 Å². The van der Waals surface area contributed by atoms with Crippen LogP contribution in [0.1, 0.15) is 49.7 Å². The van der Waals surface area contributed by atoms with Crippen molar-refractivity contribution in [3.8, 4) is 0 Å². The van der Waals surface area contributed by atoms with Crippen LogP contribution in [0.2, 0.25) is 20.1 Å². The summed E-state index contributed by atoms with van der Waals surface area (Å²) in [6, 6.07) is 12.1. The molecule has 0 heterocycles. The highest BCUT2D eigenvalue weighted by Gasteiger charge is 2.43. The van der Waals surface area contributed by atoms with Crippen LogP contribution in [-0.4, -0.2) is 26.3 Å². The van der Waals surface area contributed by atoms with Crippen LogP contribution < -0.4 is 11.0 Å². The number of hydroxylamine groups is 2. The minimum atomic E-state index is 0.349. The lowest BCUT2D eigenvalue weighted by atomic mass is 10.1. The summed E-state index contributed by atoms with van der Waals surface area (Å²) in [4.78, 5) is 9.87. The van der Waals surface area contributed by atoms with E-state index in [9.17, 15) is 0 Å². The second-order valence-corrected chi connectivity index (χ2v) is 10.3. The van der Waals surface area contributed by atoms with E-state index in [1.165, 1.54) is 11.1 Å². The first-order valence-corrected chi connectivity index (χ1v) is 12.2. The molecule has 0 aliphatic heterocycles. The van der Waals surface area contributed by atoms with E-state index in [0.29, 0.717) is 45.8 Å². The number of halogens is 4. The third-order valence-corrected chi connectivity index (χ3v) is 7.42. The lowest BCUT2D eigenvalue weighted by Crippen LogP contribution is -2.27. The number of benzene rings is 2. The zero-order valence-electron chi connectivity index (χ0n) is 18.7. The molecule has 0 spiro atoms. The van der Waals surface area contributed by atoms with E-state index in [1.807, 2.05) is 36.4 Å². The van der Waals surface area contributed by atoms with Crippen molar-refractivity contribution in [3.63, 3.8) is 0 Å². The van der Waals surface area contributed by atoms with Gasteiger partial charge >= 0.3 is 0 Å². The second-order valence-electron chi connectivity index (χ2n) is 8.57. The van der Waals surface area contributed by atoms with Crippen LogP contribution in [0, 0.1) is 11.8 Å². The first kappa shape index (κ1) is 26.1. The van der Waals surface area contributed by atoms with Gasteiger partial charge in [0.15, 0.2) is 0 Å². The van der Waals surface area contributed by atoms with Crippen molar-refractivity contribution in [2.75, 3.05) is 14.2 Å². The molecule has 0 bridgehead atoms. The molecule has 0 radical (unpaired) electrons. The van der Waals surface area contributed by atoms with Gasteiger partial charge in [-0.15, -0.1) is 0 Å². The van der Waals surface area contributed by atoms with E-state index in [1.54, 1.807) is 14.2 Å². The van der Waals surface area contributed by atoms with Crippen molar-refractivity contribution >= 4 is 46.4 Å². The third-order valence-electron chi connectivity index (χ3n) is 6.30. The largest absolute Gasteiger partial charge is 0.305 e. The average molecular weight is 520 g/mol. The van der Waals surface area contributed by atoms with Crippen LogP contribution >= 0.6 is 46.4 Å². The van der Waals surface area contributed by atoms with E-state index in [2.05, 4.69) is 24.8 Å². The standard InChI is InChI=1S/2C12H15Cl2NO/c2*1-7(15-16-2)10-6-11(10)9-4-3-8(13)5-12(9)14/h2*3-5,7,10-11,15H,6H2,1-2H3/t7?,10-,11?;7?,10-,11-/m11/s1. The fourth-order valence-electron chi connectivity index (χ4n) is 4.40. The van der Waals surface area contributed by atoms with E-state index in [4.69, 9.17) is 56.1 Å². The van der Waals surface area contributed by atoms with Crippen molar-refractivity contribution < 1.29 is 9.68 Å². The molecular formula is C24H30Cl4N2O2. The van der Waals surface area contributed by atoms with Crippen molar-refractivity contribution in [1.82, 2.24) is 11.0 Å². The Balaban J connectivity index is 0.000000181. The molecule has 4 nitrogen and oxygen atoms in total. The van der Waals surface area contributed by atoms with Gasteiger partial charge in [-0.05, 0) is 85.8 Å². The van der Waals surface area contributed by atoms with Crippen LogP contribution in [0.5, 0.6) is 0 Å². The highest BCUT2D eigenvalue weighted by atomic mass is 35.5. The molecule has 2 aliphatic rings. The monoisotopic (exact) mass is 518 g/mol. The highest BCUT2D eigenvalue weighted by molar-refractivity contribution is 6.35. The lowest BCUT2D eigenvalue weighted by molar-refractivity contribution is 0.0591. The second kappa shape index (κ2) is 11.7. The fraction of sp³-hybridized carbons (Fsp3) is 0.500. The van der Waals surface area contributed by atoms with Gasteiger partial charge in [0.05, 0.1) is 14.2 Å². The van der Waals surface area contributed by atoms with Crippen LogP contribution in [0.15, 0.2) is 36.4 Å². The SMILES string of the molecule is CONC(C)[C@H]1CC1c1ccc(Cl)cc1Cl.CONC(C)[C@H]1C[C@@H]1c1ccc(Cl)cc1Cl. The quantitative estimate of drug-likeness (QED) is 0.360. The number of rotatable bonds is 8. The summed E-state index contributed by atoms with van der Waals surface area (Å²) in [5.41, 5.74) is 8.33. The smallest absolute Gasteiger partial charge is 0.0572 e. The Morgan fingerprint density at radius 3 is 1.41 bits per heavy atom. The predicted octanol–water partition coefficient (Wildman–Crippen LogP) is 7.27. The van der Waals surface area contributed by atoms with Gasteiger partial charge in [-0.1, -0.05) is 58.5 Å². The minimum Gasteiger partial charge on any atom is -0.305 e. The van der Waals surface area contributed by atoms with E-state index in [0.717, 1.165) is 22.9 Å². The summed E-state index contributed by atoms with van der Waals surface area (Å²) in [5.74, 6) is 2.25. The summed E-state index contributed by atoms with van der Waals surface area (Å²) in [6.45, 7) is 4.25. The van der Waals surface area contributed by atoms with Gasteiger partial charge in [-0.25, -0.2) is 0 Å². The summed E-state index contributed by atoms with van der Waals surface area (Å²) in [6.07, 6.45) is 2.30. The molecule has 3 unspecified atom stereocenters. The summed E-state index contributed by atoms with van der Waals surface area (Å²) < 4.78 is 0. The Bertz CT molecular complexity index is 840. The van der Waals surface area contributed by atoms with Gasteiger partial charge in [0, 0.05) is 32.2 Å². The molecule has 0 saturated heterocycles. The molecule has 2 aromatic carbocycles. The zero-order valence-corrected chi connectivity index (χ0v) is 21.7. The van der Waals surface area contributed by atoms with Crippen molar-refractivity contribution in [2.24, 2.45) is 11.8 Å². The summed E-state index contributed by atoms with van der Waals surface area (Å²) in [5, 5.41) is 2.91. The average Bonchev–Trinajstić information content (AvgIpc) is 3.63. The Hall–Kier alpha value is -0.560. The number of hydrogen-bond donors (Lipinski definition) is 2. The van der Waals surface area contributed by atoms with Gasteiger partial charge in [-0.2, -0.15) is 11.0 Å². The van der Waals surface area contributed by atoms with Gasteiger partial charge in [0.1, 0.15) is 0 Å². The summed E-state index contributed by atoms with van der Waals surface area (Å²) >= 11 is 24.1. The number of hydrogen-bond acceptors (Lipinski definition) is 4. The molecule has 176 valence electrons. The van der Waals surface area contributed by atoms with Crippen LogP contribution in [0.4, 0.5) is 0 Å². The van der Waals surface area contributed by atoms with E-state index in [-0.39, 0.29) is 0 Å². The molecule has 8 heteroatoms. The molecule has 2 aliphatic carbocycles. The third kappa shape index (κ3) is 6.74. The van der Waals surface area contributed by atoms with Crippen molar-refractivity contribution in [2.45, 2.75) is 50.6 Å². The Morgan fingerprint density at radius 2 is 1.09 bits per heavy atom. The molecule has 2 N–H and O–H groups in total. The fourth-order valence-corrected chi connectivity index (χ4v) is 5.50. The van der Waals surface area contributed by atoms with Crippen molar-refractivity contribution in [1.29, 1.82) is 0 Å². The van der Waals surface area contributed by atoms with Crippen LogP contribution in [0.25, 0.3) is 0 Å². The molecule has 2 aromatic rings. The number of nitrogens with one attached hydrogen (secondary N) is 2. The molecule has 0 amide bonds. The normalized spacial score (nSPS) is 25.5. The zero-order chi connectivity index (χ0) is 23.4. The summed E-state index contributed by atoms with van der Waals surface area (Å²) in [7, 11) is 3.28. The lowest BCUT2D eigenvalue weighted by Gasteiger charge is -2.11. The first-order valence-electron chi connectivity index (χ1n) is 10.7. The predicted molar refractivity (Wildman–Crippen MR) is 134 cm³/mol. The first-order chi connectivity index (χ1) is 15.3. The molecule has 2 fully saturated rings. The van der Waals surface area contributed by atoms with Gasteiger partial charge in [0.25, 0.3) is 0 Å². The van der Waals surface area contributed by atoms with Gasteiger partial charge in [0.2, 0.25) is 0 Å². The Kier molecular flexibility index (Phi) is 9.54.